The van der Waals surface area contributed by atoms with Gasteiger partial charge in [-0.15, -0.1) is 11.3 Å². The van der Waals surface area contributed by atoms with Crippen molar-refractivity contribution in [2.24, 2.45) is 5.73 Å². The molecular formula is C16H13N3O2S. The molecule has 0 spiro atoms. The van der Waals surface area contributed by atoms with Gasteiger partial charge < -0.3 is 16.6 Å². The average Bonchev–Trinajstić information content (AvgIpc) is 2.97. The predicted octanol–water partition coefficient (Wildman–Crippen LogP) is 2.86. The fourth-order valence-electron chi connectivity index (χ4n) is 2.11. The first-order valence-corrected chi connectivity index (χ1v) is 7.38. The molecule has 0 radical (unpaired) electrons. The SMILES string of the molecule is NC(=O)c1cc(-c2csc(-c3ccccc3N)n2)ccc1O. The molecule has 0 unspecified atom stereocenters. The lowest BCUT2D eigenvalue weighted by Gasteiger charge is -2.03. The molecule has 0 atom stereocenters. The minimum atomic E-state index is -0.679. The molecule has 0 saturated heterocycles. The molecule has 0 aliphatic carbocycles. The smallest absolute Gasteiger partial charge is 0.252 e. The van der Waals surface area contributed by atoms with Crippen LogP contribution in [0.25, 0.3) is 21.8 Å². The molecule has 1 amide bonds. The zero-order valence-electron chi connectivity index (χ0n) is 11.5. The zero-order valence-corrected chi connectivity index (χ0v) is 12.3. The molecule has 3 rings (SSSR count). The summed E-state index contributed by atoms with van der Waals surface area (Å²) in [6.45, 7) is 0. The van der Waals surface area contributed by atoms with Crippen molar-refractivity contribution in [1.29, 1.82) is 0 Å². The van der Waals surface area contributed by atoms with Crippen molar-refractivity contribution >= 4 is 22.9 Å². The number of phenols is 1. The van der Waals surface area contributed by atoms with Gasteiger partial charge in [-0.05, 0) is 30.3 Å². The van der Waals surface area contributed by atoms with E-state index >= 15 is 0 Å². The van der Waals surface area contributed by atoms with Gasteiger partial charge in [0.1, 0.15) is 10.8 Å². The summed E-state index contributed by atoms with van der Waals surface area (Å²) in [6, 6.07) is 12.2. The van der Waals surface area contributed by atoms with Gasteiger partial charge in [-0.3, -0.25) is 4.79 Å². The zero-order chi connectivity index (χ0) is 15.7. The van der Waals surface area contributed by atoms with Crippen LogP contribution < -0.4 is 11.5 Å². The normalized spacial score (nSPS) is 10.5. The summed E-state index contributed by atoms with van der Waals surface area (Å²) in [7, 11) is 0. The lowest BCUT2D eigenvalue weighted by molar-refractivity contribution is 0.0998. The van der Waals surface area contributed by atoms with Gasteiger partial charge in [-0.1, -0.05) is 12.1 Å². The fraction of sp³-hybridized carbons (Fsp3) is 0. The second-order valence-corrected chi connectivity index (χ2v) is 5.58. The molecule has 22 heavy (non-hydrogen) atoms. The fourth-order valence-corrected chi connectivity index (χ4v) is 2.99. The molecule has 0 fully saturated rings. The second kappa shape index (κ2) is 5.50. The van der Waals surface area contributed by atoms with E-state index in [0.29, 0.717) is 16.9 Å². The maximum atomic E-state index is 11.3. The monoisotopic (exact) mass is 311 g/mol. The molecule has 6 heteroatoms. The van der Waals surface area contributed by atoms with Gasteiger partial charge in [0.05, 0.1) is 11.3 Å². The Morgan fingerprint density at radius 3 is 2.68 bits per heavy atom. The van der Waals surface area contributed by atoms with Crippen LogP contribution >= 0.6 is 11.3 Å². The van der Waals surface area contributed by atoms with E-state index in [0.717, 1.165) is 10.6 Å². The van der Waals surface area contributed by atoms with Gasteiger partial charge in [-0.2, -0.15) is 0 Å². The molecular weight excluding hydrogens is 298 g/mol. The Hall–Kier alpha value is -2.86. The highest BCUT2D eigenvalue weighted by Crippen LogP contribution is 2.33. The van der Waals surface area contributed by atoms with Gasteiger partial charge in [0, 0.05) is 22.2 Å². The lowest BCUT2D eigenvalue weighted by Crippen LogP contribution is -2.11. The summed E-state index contributed by atoms with van der Waals surface area (Å²) in [5, 5.41) is 12.3. The van der Waals surface area contributed by atoms with E-state index < -0.39 is 5.91 Å². The van der Waals surface area contributed by atoms with E-state index in [4.69, 9.17) is 11.5 Å². The number of benzene rings is 2. The van der Waals surface area contributed by atoms with Crippen molar-refractivity contribution < 1.29 is 9.90 Å². The van der Waals surface area contributed by atoms with Crippen molar-refractivity contribution in [3.63, 3.8) is 0 Å². The van der Waals surface area contributed by atoms with Crippen molar-refractivity contribution in [2.45, 2.75) is 0 Å². The first kappa shape index (κ1) is 14.1. The molecule has 5 N–H and O–H groups in total. The lowest BCUT2D eigenvalue weighted by atomic mass is 10.1. The van der Waals surface area contributed by atoms with Gasteiger partial charge in [0.15, 0.2) is 0 Å². The second-order valence-electron chi connectivity index (χ2n) is 4.72. The highest BCUT2D eigenvalue weighted by atomic mass is 32.1. The quantitative estimate of drug-likeness (QED) is 0.647. The number of amides is 1. The Kier molecular flexibility index (Phi) is 3.52. The van der Waals surface area contributed by atoms with Crippen LogP contribution in [0, 0.1) is 0 Å². The molecule has 0 aliphatic heterocycles. The Labute approximate surface area is 130 Å². The van der Waals surface area contributed by atoms with Crippen molar-refractivity contribution in [3.8, 4) is 27.6 Å². The van der Waals surface area contributed by atoms with Crippen LogP contribution in [0.1, 0.15) is 10.4 Å². The van der Waals surface area contributed by atoms with Crippen LogP contribution in [0.5, 0.6) is 5.75 Å². The topological polar surface area (TPSA) is 102 Å². The number of nitrogens with two attached hydrogens (primary N) is 2. The third kappa shape index (κ3) is 2.51. The van der Waals surface area contributed by atoms with Crippen LogP contribution in [0.15, 0.2) is 47.8 Å². The Bertz CT molecular complexity index is 858. The van der Waals surface area contributed by atoms with Crippen LogP contribution in [0.2, 0.25) is 0 Å². The van der Waals surface area contributed by atoms with Crippen LogP contribution in [-0.2, 0) is 0 Å². The van der Waals surface area contributed by atoms with Gasteiger partial charge in [0.2, 0.25) is 0 Å². The highest BCUT2D eigenvalue weighted by molar-refractivity contribution is 7.13. The number of primary amides is 1. The minimum Gasteiger partial charge on any atom is -0.507 e. The third-order valence-corrected chi connectivity index (χ3v) is 4.13. The number of anilines is 1. The van der Waals surface area contributed by atoms with Crippen molar-refractivity contribution in [3.05, 3.63) is 53.4 Å². The molecule has 0 bridgehead atoms. The summed E-state index contributed by atoms with van der Waals surface area (Å²) in [5.41, 5.74) is 14.2. The maximum Gasteiger partial charge on any atom is 0.252 e. The largest absolute Gasteiger partial charge is 0.507 e. The van der Waals surface area contributed by atoms with E-state index in [2.05, 4.69) is 4.98 Å². The number of para-hydroxylation sites is 1. The van der Waals surface area contributed by atoms with E-state index in [1.54, 1.807) is 6.07 Å². The Morgan fingerprint density at radius 2 is 1.95 bits per heavy atom. The van der Waals surface area contributed by atoms with Crippen LogP contribution in [0.3, 0.4) is 0 Å². The number of aromatic nitrogens is 1. The number of aromatic hydroxyl groups is 1. The number of hydrogen-bond acceptors (Lipinski definition) is 5. The standard InChI is InChI=1S/C16H13N3O2S/c17-12-4-2-1-3-10(12)16-19-13(8-22-16)9-5-6-14(20)11(7-9)15(18)21/h1-8,20H,17H2,(H2,18,21). The molecule has 0 aliphatic rings. The summed E-state index contributed by atoms with van der Waals surface area (Å²) in [6.07, 6.45) is 0. The van der Waals surface area contributed by atoms with E-state index in [1.807, 2.05) is 29.6 Å². The number of hydrogen-bond donors (Lipinski definition) is 3. The minimum absolute atomic E-state index is 0.0753. The number of thiazole rings is 1. The molecule has 0 saturated carbocycles. The van der Waals surface area contributed by atoms with Gasteiger partial charge in [0.25, 0.3) is 5.91 Å². The van der Waals surface area contributed by atoms with E-state index in [1.165, 1.54) is 23.5 Å². The van der Waals surface area contributed by atoms with E-state index in [-0.39, 0.29) is 11.3 Å². The first-order valence-electron chi connectivity index (χ1n) is 6.50. The summed E-state index contributed by atoms with van der Waals surface area (Å²) >= 11 is 1.46. The third-order valence-electron chi connectivity index (χ3n) is 3.25. The molecule has 110 valence electrons. The van der Waals surface area contributed by atoms with Gasteiger partial charge in [-0.25, -0.2) is 4.98 Å². The Morgan fingerprint density at radius 1 is 1.18 bits per heavy atom. The predicted molar refractivity (Wildman–Crippen MR) is 87.6 cm³/mol. The average molecular weight is 311 g/mol. The first-order chi connectivity index (χ1) is 10.6. The van der Waals surface area contributed by atoms with Crippen molar-refractivity contribution in [2.75, 3.05) is 5.73 Å². The number of carbonyl (C=O) groups excluding carboxylic acids is 1. The molecule has 1 aromatic heterocycles. The molecule has 2 aromatic carbocycles. The van der Waals surface area contributed by atoms with Crippen LogP contribution in [-0.4, -0.2) is 16.0 Å². The molecule has 1 heterocycles. The number of nitrogens with zero attached hydrogens (tertiary/aromatic N) is 1. The highest BCUT2D eigenvalue weighted by Gasteiger charge is 2.12. The number of rotatable bonds is 3. The van der Waals surface area contributed by atoms with Crippen molar-refractivity contribution in [1.82, 2.24) is 4.98 Å². The van der Waals surface area contributed by atoms with Crippen LogP contribution in [0.4, 0.5) is 5.69 Å². The number of carbonyl (C=O) groups is 1. The van der Waals surface area contributed by atoms with Gasteiger partial charge >= 0.3 is 0 Å². The van der Waals surface area contributed by atoms with E-state index in [9.17, 15) is 9.90 Å². The molecule has 3 aromatic rings. The maximum absolute atomic E-state index is 11.3. The molecule has 5 nitrogen and oxygen atoms in total. The number of nitrogen functional groups attached to an aromatic ring is 1. The summed E-state index contributed by atoms with van der Waals surface area (Å²) < 4.78 is 0. The summed E-state index contributed by atoms with van der Waals surface area (Å²) in [4.78, 5) is 15.9. The summed E-state index contributed by atoms with van der Waals surface area (Å²) in [5.74, 6) is -0.818. The Balaban J connectivity index is 2.03.